The SMILES string of the molecule is Cc1cc(OCC(=O)NCC(=O)O)c(C(C)C)cc1Br. The first-order valence-electron chi connectivity index (χ1n) is 6.22. The fourth-order valence-corrected chi connectivity index (χ4v) is 1.98. The highest BCUT2D eigenvalue weighted by Gasteiger charge is 2.12. The molecule has 2 N–H and O–H groups in total. The fraction of sp³-hybridized carbons (Fsp3) is 0.429. The number of nitrogens with one attached hydrogen (secondary N) is 1. The highest BCUT2D eigenvalue weighted by molar-refractivity contribution is 9.10. The van der Waals surface area contributed by atoms with E-state index in [1.54, 1.807) is 0 Å². The van der Waals surface area contributed by atoms with E-state index in [9.17, 15) is 9.59 Å². The molecule has 0 radical (unpaired) electrons. The van der Waals surface area contributed by atoms with Crippen molar-refractivity contribution in [3.05, 3.63) is 27.7 Å². The molecule has 1 rings (SSSR count). The molecule has 0 fully saturated rings. The van der Waals surface area contributed by atoms with Gasteiger partial charge in [-0.2, -0.15) is 0 Å². The topological polar surface area (TPSA) is 75.6 Å². The maximum absolute atomic E-state index is 11.4. The van der Waals surface area contributed by atoms with Crippen molar-refractivity contribution < 1.29 is 19.4 Å². The lowest BCUT2D eigenvalue weighted by Crippen LogP contribution is -2.33. The van der Waals surface area contributed by atoms with E-state index in [0.29, 0.717) is 5.75 Å². The van der Waals surface area contributed by atoms with Crippen molar-refractivity contribution in [1.29, 1.82) is 0 Å². The smallest absolute Gasteiger partial charge is 0.322 e. The Hall–Kier alpha value is -1.56. The summed E-state index contributed by atoms with van der Waals surface area (Å²) in [4.78, 5) is 21.8. The molecule has 0 saturated carbocycles. The van der Waals surface area contributed by atoms with Gasteiger partial charge in [-0.15, -0.1) is 0 Å². The summed E-state index contributed by atoms with van der Waals surface area (Å²) in [5.41, 5.74) is 2.00. The summed E-state index contributed by atoms with van der Waals surface area (Å²) in [6.45, 7) is 5.40. The van der Waals surface area contributed by atoms with Crippen molar-refractivity contribution in [1.82, 2.24) is 5.32 Å². The van der Waals surface area contributed by atoms with Crippen LogP contribution in [0, 0.1) is 6.92 Å². The highest BCUT2D eigenvalue weighted by Crippen LogP contribution is 2.32. The second-order valence-corrected chi connectivity index (χ2v) is 5.61. The number of hydrogen-bond donors (Lipinski definition) is 2. The first kappa shape index (κ1) is 16.5. The number of rotatable bonds is 6. The Morgan fingerprint density at radius 1 is 1.40 bits per heavy atom. The van der Waals surface area contributed by atoms with Crippen LogP contribution in [0.3, 0.4) is 0 Å². The fourth-order valence-electron chi connectivity index (χ4n) is 1.62. The lowest BCUT2D eigenvalue weighted by molar-refractivity contribution is -0.138. The minimum absolute atomic E-state index is 0.200. The van der Waals surface area contributed by atoms with Gasteiger partial charge in [0.05, 0.1) is 0 Å². The number of carboxylic acid groups (broad SMARTS) is 1. The number of carbonyl (C=O) groups excluding carboxylic acids is 1. The van der Waals surface area contributed by atoms with E-state index in [1.165, 1.54) is 0 Å². The highest BCUT2D eigenvalue weighted by atomic mass is 79.9. The van der Waals surface area contributed by atoms with E-state index >= 15 is 0 Å². The molecular weight excluding hydrogens is 326 g/mol. The molecule has 0 aliphatic rings. The zero-order valence-electron chi connectivity index (χ0n) is 11.7. The van der Waals surface area contributed by atoms with Crippen LogP contribution in [0.2, 0.25) is 0 Å². The van der Waals surface area contributed by atoms with Crippen LogP contribution in [0.5, 0.6) is 5.75 Å². The maximum atomic E-state index is 11.4. The molecule has 0 aromatic heterocycles. The third-order valence-corrected chi connectivity index (χ3v) is 3.56. The average Bonchev–Trinajstić information content (AvgIpc) is 2.36. The molecule has 0 bridgehead atoms. The molecule has 1 aromatic rings. The molecule has 6 heteroatoms. The molecule has 0 spiro atoms. The van der Waals surface area contributed by atoms with Crippen molar-refractivity contribution in [3.63, 3.8) is 0 Å². The van der Waals surface area contributed by atoms with Crippen LogP contribution in [0.15, 0.2) is 16.6 Å². The van der Waals surface area contributed by atoms with E-state index in [1.807, 2.05) is 32.9 Å². The van der Waals surface area contributed by atoms with Crippen molar-refractivity contribution in [3.8, 4) is 5.75 Å². The molecule has 0 aliphatic heterocycles. The molecule has 20 heavy (non-hydrogen) atoms. The van der Waals surface area contributed by atoms with Gasteiger partial charge in [-0.1, -0.05) is 29.8 Å². The molecule has 1 aromatic carbocycles. The van der Waals surface area contributed by atoms with Crippen LogP contribution in [0.4, 0.5) is 0 Å². The van der Waals surface area contributed by atoms with E-state index in [2.05, 4.69) is 21.2 Å². The summed E-state index contributed by atoms with van der Waals surface area (Å²) in [7, 11) is 0. The second kappa shape index (κ2) is 7.28. The summed E-state index contributed by atoms with van der Waals surface area (Å²) in [6.07, 6.45) is 0. The van der Waals surface area contributed by atoms with E-state index in [0.717, 1.165) is 15.6 Å². The molecule has 0 heterocycles. The summed E-state index contributed by atoms with van der Waals surface area (Å²) >= 11 is 3.47. The zero-order chi connectivity index (χ0) is 15.3. The van der Waals surface area contributed by atoms with Gasteiger partial charge in [0.15, 0.2) is 6.61 Å². The Labute approximate surface area is 126 Å². The number of carbonyl (C=O) groups is 2. The normalized spacial score (nSPS) is 10.4. The number of aryl methyl sites for hydroxylation is 1. The summed E-state index contributed by atoms with van der Waals surface area (Å²) in [6, 6.07) is 3.84. The maximum Gasteiger partial charge on any atom is 0.322 e. The second-order valence-electron chi connectivity index (χ2n) is 4.75. The van der Waals surface area contributed by atoms with Crippen molar-refractivity contribution in [2.45, 2.75) is 26.7 Å². The van der Waals surface area contributed by atoms with Gasteiger partial charge in [0.2, 0.25) is 0 Å². The van der Waals surface area contributed by atoms with Crippen LogP contribution in [0.1, 0.15) is 30.9 Å². The lowest BCUT2D eigenvalue weighted by atomic mass is 10.0. The predicted octanol–water partition coefficient (Wildman–Crippen LogP) is 2.46. The number of hydrogen-bond acceptors (Lipinski definition) is 3. The van der Waals surface area contributed by atoms with Gasteiger partial charge in [0.1, 0.15) is 12.3 Å². The Morgan fingerprint density at radius 3 is 2.60 bits per heavy atom. The minimum atomic E-state index is -1.08. The Balaban J connectivity index is 2.74. The van der Waals surface area contributed by atoms with Gasteiger partial charge in [0.25, 0.3) is 5.91 Å². The van der Waals surface area contributed by atoms with Gasteiger partial charge in [-0.3, -0.25) is 9.59 Å². The number of aliphatic carboxylic acids is 1. The van der Waals surface area contributed by atoms with Crippen molar-refractivity contribution in [2.24, 2.45) is 0 Å². The molecule has 5 nitrogen and oxygen atoms in total. The van der Waals surface area contributed by atoms with E-state index < -0.39 is 18.4 Å². The molecule has 1 amide bonds. The molecular formula is C14H18BrNO4. The summed E-state index contributed by atoms with van der Waals surface area (Å²) in [5, 5.41) is 10.7. The minimum Gasteiger partial charge on any atom is -0.483 e. The molecule has 0 aliphatic carbocycles. The lowest BCUT2D eigenvalue weighted by Gasteiger charge is -2.15. The average molecular weight is 344 g/mol. The number of halogens is 1. The van der Waals surface area contributed by atoms with Crippen molar-refractivity contribution in [2.75, 3.05) is 13.2 Å². The number of carboxylic acids is 1. The van der Waals surface area contributed by atoms with Gasteiger partial charge in [0, 0.05) is 4.47 Å². The Kier molecular flexibility index (Phi) is 6.01. The molecule has 0 unspecified atom stereocenters. The zero-order valence-corrected chi connectivity index (χ0v) is 13.3. The van der Waals surface area contributed by atoms with Gasteiger partial charge in [-0.25, -0.2) is 0 Å². The first-order chi connectivity index (χ1) is 9.31. The van der Waals surface area contributed by atoms with Crippen LogP contribution in [-0.4, -0.2) is 30.1 Å². The number of ether oxygens (including phenoxy) is 1. The number of amides is 1. The third kappa shape index (κ3) is 4.85. The summed E-state index contributed by atoms with van der Waals surface area (Å²) < 4.78 is 6.49. The van der Waals surface area contributed by atoms with Gasteiger partial charge < -0.3 is 15.2 Å². The number of benzene rings is 1. The van der Waals surface area contributed by atoms with Gasteiger partial charge in [-0.05, 0) is 36.1 Å². The Bertz CT molecular complexity index is 514. The monoisotopic (exact) mass is 343 g/mol. The van der Waals surface area contributed by atoms with Crippen LogP contribution < -0.4 is 10.1 Å². The largest absolute Gasteiger partial charge is 0.483 e. The first-order valence-corrected chi connectivity index (χ1v) is 7.02. The van der Waals surface area contributed by atoms with E-state index in [-0.39, 0.29) is 12.5 Å². The molecule has 0 saturated heterocycles. The van der Waals surface area contributed by atoms with Crippen LogP contribution in [-0.2, 0) is 9.59 Å². The third-order valence-electron chi connectivity index (χ3n) is 2.71. The molecule has 0 atom stereocenters. The van der Waals surface area contributed by atoms with Crippen LogP contribution in [0.25, 0.3) is 0 Å². The van der Waals surface area contributed by atoms with E-state index in [4.69, 9.17) is 9.84 Å². The quantitative estimate of drug-likeness (QED) is 0.831. The molecule has 110 valence electrons. The van der Waals surface area contributed by atoms with Crippen LogP contribution >= 0.6 is 15.9 Å². The predicted molar refractivity (Wildman–Crippen MR) is 79.1 cm³/mol. The summed E-state index contributed by atoms with van der Waals surface area (Å²) in [5.74, 6) is -0.640. The van der Waals surface area contributed by atoms with Gasteiger partial charge >= 0.3 is 5.97 Å². The van der Waals surface area contributed by atoms with Crippen molar-refractivity contribution >= 4 is 27.8 Å². The standard InChI is InChI=1S/C14H18BrNO4/c1-8(2)10-5-11(15)9(3)4-12(10)20-7-13(17)16-6-14(18)19/h4-5,8H,6-7H2,1-3H3,(H,16,17)(H,18,19). The Morgan fingerprint density at radius 2 is 2.05 bits per heavy atom.